The Bertz CT molecular complexity index is 259. The number of piperidine rings is 1. The summed E-state index contributed by atoms with van der Waals surface area (Å²) in [6, 6.07) is 2.12. The molecule has 0 amide bonds. The lowest BCUT2D eigenvalue weighted by Gasteiger charge is -2.42. The van der Waals surface area contributed by atoms with Gasteiger partial charge in [0.25, 0.3) is 0 Å². The van der Waals surface area contributed by atoms with Crippen molar-refractivity contribution < 1.29 is 4.74 Å². The molecule has 2 N–H and O–H groups in total. The Hall–Kier alpha value is -0.120. The third-order valence-electron chi connectivity index (χ3n) is 5.29. The highest BCUT2D eigenvalue weighted by Crippen LogP contribution is 2.31. The molecule has 2 aliphatic heterocycles. The van der Waals surface area contributed by atoms with Crippen molar-refractivity contribution in [2.24, 2.45) is 5.92 Å². The molecule has 0 aromatic heterocycles. The number of rotatable bonds is 3. The standard InChI is InChI=1S/C16H30N2O/c1-2-9-16(18-13-6-5-11-19-12-13)14(7-1)15-8-3-4-10-17-15/h13-18H,1-12H2. The molecule has 3 aliphatic rings. The molecule has 2 saturated heterocycles. The second kappa shape index (κ2) is 7.05. The normalized spacial score (nSPS) is 41.1. The number of ether oxygens (including phenoxy) is 1. The van der Waals surface area contributed by atoms with E-state index in [0.29, 0.717) is 6.04 Å². The van der Waals surface area contributed by atoms with Gasteiger partial charge in [0.1, 0.15) is 0 Å². The Kier molecular flexibility index (Phi) is 5.14. The molecule has 4 unspecified atom stereocenters. The molecule has 3 nitrogen and oxygen atoms in total. The zero-order valence-electron chi connectivity index (χ0n) is 12.2. The lowest BCUT2D eigenvalue weighted by molar-refractivity contribution is 0.0559. The lowest BCUT2D eigenvalue weighted by atomic mass is 9.77. The number of hydrogen-bond donors (Lipinski definition) is 2. The summed E-state index contributed by atoms with van der Waals surface area (Å²) in [5.41, 5.74) is 0. The van der Waals surface area contributed by atoms with Crippen LogP contribution in [0.1, 0.15) is 57.8 Å². The van der Waals surface area contributed by atoms with E-state index >= 15 is 0 Å². The van der Waals surface area contributed by atoms with Crippen molar-refractivity contribution in [2.45, 2.75) is 75.9 Å². The topological polar surface area (TPSA) is 33.3 Å². The van der Waals surface area contributed by atoms with Crippen LogP contribution in [0, 0.1) is 5.92 Å². The van der Waals surface area contributed by atoms with Gasteiger partial charge in [-0.3, -0.25) is 0 Å². The van der Waals surface area contributed by atoms with Gasteiger partial charge in [-0.25, -0.2) is 0 Å². The summed E-state index contributed by atoms with van der Waals surface area (Å²) in [7, 11) is 0. The van der Waals surface area contributed by atoms with E-state index in [-0.39, 0.29) is 0 Å². The van der Waals surface area contributed by atoms with Crippen molar-refractivity contribution in [1.82, 2.24) is 10.6 Å². The van der Waals surface area contributed by atoms with E-state index in [9.17, 15) is 0 Å². The van der Waals surface area contributed by atoms with Gasteiger partial charge in [0, 0.05) is 24.7 Å². The smallest absolute Gasteiger partial charge is 0.0619 e. The molecule has 3 rings (SSSR count). The zero-order valence-corrected chi connectivity index (χ0v) is 12.2. The molecule has 1 saturated carbocycles. The molecule has 2 heterocycles. The van der Waals surface area contributed by atoms with Crippen LogP contribution in [0.15, 0.2) is 0 Å². The lowest BCUT2D eigenvalue weighted by Crippen LogP contribution is -2.54. The molecule has 3 fully saturated rings. The molecule has 0 spiro atoms. The maximum absolute atomic E-state index is 5.63. The minimum atomic E-state index is 0.614. The summed E-state index contributed by atoms with van der Waals surface area (Å²) in [6.07, 6.45) is 12.4. The van der Waals surface area contributed by atoms with Gasteiger partial charge in [0.2, 0.25) is 0 Å². The predicted octanol–water partition coefficient (Wildman–Crippen LogP) is 2.46. The molecular formula is C16H30N2O. The SMILES string of the molecule is C1CCC(C2CCCCC2NC2CCCOC2)NC1. The van der Waals surface area contributed by atoms with Crippen molar-refractivity contribution in [3.05, 3.63) is 0 Å². The van der Waals surface area contributed by atoms with Crippen LogP contribution in [-0.4, -0.2) is 37.9 Å². The van der Waals surface area contributed by atoms with Gasteiger partial charge in [-0.1, -0.05) is 19.3 Å². The third kappa shape index (κ3) is 3.71. The monoisotopic (exact) mass is 266 g/mol. The van der Waals surface area contributed by atoms with Gasteiger partial charge in [0.05, 0.1) is 6.61 Å². The van der Waals surface area contributed by atoms with Crippen molar-refractivity contribution in [3.63, 3.8) is 0 Å². The van der Waals surface area contributed by atoms with Crippen molar-refractivity contribution in [3.8, 4) is 0 Å². The first-order valence-corrected chi connectivity index (χ1v) is 8.50. The van der Waals surface area contributed by atoms with E-state index in [1.165, 1.54) is 64.3 Å². The highest BCUT2D eigenvalue weighted by atomic mass is 16.5. The van der Waals surface area contributed by atoms with Crippen LogP contribution < -0.4 is 10.6 Å². The average Bonchev–Trinajstić information content (AvgIpc) is 2.50. The van der Waals surface area contributed by atoms with Crippen molar-refractivity contribution >= 4 is 0 Å². The van der Waals surface area contributed by atoms with E-state index in [1.807, 2.05) is 0 Å². The van der Waals surface area contributed by atoms with Gasteiger partial charge < -0.3 is 15.4 Å². The van der Waals surface area contributed by atoms with Crippen LogP contribution in [0.4, 0.5) is 0 Å². The fourth-order valence-corrected chi connectivity index (χ4v) is 4.27. The number of hydrogen-bond acceptors (Lipinski definition) is 3. The first-order valence-electron chi connectivity index (χ1n) is 8.50. The van der Waals surface area contributed by atoms with Gasteiger partial charge >= 0.3 is 0 Å². The van der Waals surface area contributed by atoms with Gasteiger partial charge in [-0.05, 0) is 51.0 Å². The summed E-state index contributed by atoms with van der Waals surface area (Å²) in [4.78, 5) is 0. The highest BCUT2D eigenvalue weighted by Gasteiger charge is 2.33. The minimum Gasteiger partial charge on any atom is -0.380 e. The Morgan fingerprint density at radius 1 is 0.895 bits per heavy atom. The molecule has 0 aromatic carbocycles. The molecular weight excluding hydrogens is 236 g/mol. The van der Waals surface area contributed by atoms with E-state index in [1.54, 1.807) is 0 Å². The first-order chi connectivity index (χ1) is 9.43. The molecule has 1 aliphatic carbocycles. The van der Waals surface area contributed by atoms with Gasteiger partial charge in [-0.15, -0.1) is 0 Å². The maximum atomic E-state index is 5.63. The summed E-state index contributed by atoms with van der Waals surface area (Å²) in [5.74, 6) is 0.857. The van der Waals surface area contributed by atoms with E-state index in [2.05, 4.69) is 10.6 Å². The van der Waals surface area contributed by atoms with Crippen molar-refractivity contribution in [1.29, 1.82) is 0 Å². The second-order valence-electron chi connectivity index (χ2n) is 6.69. The van der Waals surface area contributed by atoms with Crippen LogP contribution in [0.2, 0.25) is 0 Å². The Balaban J connectivity index is 1.56. The van der Waals surface area contributed by atoms with Crippen LogP contribution in [0.3, 0.4) is 0 Å². The van der Waals surface area contributed by atoms with Crippen LogP contribution >= 0.6 is 0 Å². The van der Waals surface area contributed by atoms with Crippen LogP contribution in [0.25, 0.3) is 0 Å². The predicted molar refractivity (Wildman–Crippen MR) is 78.4 cm³/mol. The molecule has 3 heteroatoms. The fourth-order valence-electron chi connectivity index (χ4n) is 4.27. The largest absolute Gasteiger partial charge is 0.380 e. The van der Waals surface area contributed by atoms with Crippen molar-refractivity contribution in [2.75, 3.05) is 19.8 Å². The molecule has 0 aromatic rings. The third-order valence-corrected chi connectivity index (χ3v) is 5.29. The summed E-state index contributed by atoms with van der Waals surface area (Å²) in [5, 5.41) is 7.72. The fraction of sp³-hybridized carbons (Fsp3) is 1.00. The molecule has 4 atom stereocenters. The Morgan fingerprint density at radius 2 is 1.79 bits per heavy atom. The summed E-state index contributed by atoms with van der Waals surface area (Å²) >= 11 is 0. The quantitative estimate of drug-likeness (QED) is 0.823. The van der Waals surface area contributed by atoms with Crippen LogP contribution in [-0.2, 0) is 4.74 Å². The van der Waals surface area contributed by atoms with E-state index in [4.69, 9.17) is 4.74 Å². The van der Waals surface area contributed by atoms with E-state index in [0.717, 1.165) is 31.2 Å². The summed E-state index contributed by atoms with van der Waals surface area (Å²) in [6.45, 7) is 3.14. The zero-order chi connectivity index (χ0) is 12.9. The van der Waals surface area contributed by atoms with Crippen LogP contribution in [0.5, 0.6) is 0 Å². The molecule has 19 heavy (non-hydrogen) atoms. The minimum absolute atomic E-state index is 0.614. The Morgan fingerprint density at radius 3 is 2.58 bits per heavy atom. The van der Waals surface area contributed by atoms with E-state index < -0.39 is 0 Å². The van der Waals surface area contributed by atoms with Gasteiger partial charge in [-0.2, -0.15) is 0 Å². The summed E-state index contributed by atoms with van der Waals surface area (Å²) < 4.78 is 5.63. The molecule has 0 radical (unpaired) electrons. The maximum Gasteiger partial charge on any atom is 0.0619 e. The average molecular weight is 266 g/mol. The highest BCUT2D eigenvalue weighted by molar-refractivity contribution is 4.92. The Labute approximate surface area is 117 Å². The molecule has 110 valence electrons. The van der Waals surface area contributed by atoms with Gasteiger partial charge in [0.15, 0.2) is 0 Å². The first kappa shape index (κ1) is 13.8. The number of nitrogens with one attached hydrogen (secondary N) is 2. The second-order valence-corrected chi connectivity index (χ2v) is 6.69. The molecule has 0 bridgehead atoms.